The maximum absolute atomic E-state index is 12.2. The summed E-state index contributed by atoms with van der Waals surface area (Å²) in [5.41, 5.74) is 3.11. The monoisotopic (exact) mass is 367 g/mol. The van der Waals surface area contributed by atoms with Gasteiger partial charge in [0.2, 0.25) is 0 Å². The van der Waals surface area contributed by atoms with Crippen LogP contribution >= 0.6 is 0 Å². The molecule has 1 saturated heterocycles. The molecule has 2 aromatic rings. The molecule has 3 rings (SSSR count). The number of hydrogen-bond donors (Lipinski definition) is 1. The van der Waals surface area contributed by atoms with Crippen molar-refractivity contribution in [2.75, 3.05) is 13.2 Å². The van der Waals surface area contributed by atoms with Crippen LogP contribution < -0.4 is 10.1 Å². The highest BCUT2D eigenvalue weighted by molar-refractivity contribution is 5.94. The number of carbonyl (C=O) groups is 1. The van der Waals surface area contributed by atoms with Crippen LogP contribution in [0.25, 0.3) is 0 Å². The maximum Gasteiger partial charge on any atom is 0.251 e. The molecule has 0 bridgehead atoms. The number of nitrogens with one attached hydrogen (secondary N) is 1. The highest BCUT2D eigenvalue weighted by Crippen LogP contribution is 2.24. The van der Waals surface area contributed by atoms with Crippen molar-refractivity contribution in [1.82, 2.24) is 5.32 Å². The van der Waals surface area contributed by atoms with Crippen molar-refractivity contribution in [3.8, 4) is 5.75 Å². The highest BCUT2D eigenvalue weighted by Gasteiger charge is 2.16. The molecular weight excluding hydrogens is 338 g/mol. The van der Waals surface area contributed by atoms with Gasteiger partial charge in [0.25, 0.3) is 5.91 Å². The van der Waals surface area contributed by atoms with Gasteiger partial charge in [-0.1, -0.05) is 45.0 Å². The second-order valence-corrected chi connectivity index (χ2v) is 8.11. The van der Waals surface area contributed by atoms with Gasteiger partial charge in [-0.3, -0.25) is 4.79 Å². The average Bonchev–Trinajstić information content (AvgIpc) is 3.18. The number of benzene rings is 2. The number of hydrogen-bond acceptors (Lipinski definition) is 3. The van der Waals surface area contributed by atoms with E-state index in [9.17, 15) is 4.79 Å². The molecule has 0 aromatic heterocycles. The quantitative estimate of drug-likeness (QED) is 0.819. The predicted octanol–water partition coefficient (Wildman–Crippen LogP) is 4.47. The zero-order chi connectivity index (χ0) is 19.3. The molecule has 1 amide bonds. The lowest BCUT2D eigenvalue weighted by Gasteiger charge is -2.19. The standard InChI is InChI=1S/C23H29NO3/c1-23(2,3)19-10-12-20(13-11-19)27-16-17-6-8-18(9-7-17)22(25)24-15-21-5-4-14-26-21/h6-13,21H,4-5,14-16H2,1-3H3,(H,24,25). The Balaban J connectivity index is 1.49. The van der Waals surface area contributed by atoms with Gasteiger partial charge in [-0.15, -0.1) is 0 Å². The van der Waals surface area contributed by atoms with Gasteiger partial charge in [-0.25, -0.2) is 0 Å². The Morgan fingerprint density at radius 3 is 2.41 bits per heavy atom. The molecule has 0 spiro atoms. The van der Waals surface area contributed by atoms with E-state index in [1.807, 2.05) is 36.4 Å². The van der Waals surface area contributed by atoms with Gasteiger partial charge in [0, 0.05) is 18.7 Å². The minimum Gasteiger partial charge on any atom is -0.489 e. The van der Waals surface area contributed by atoms with Crippen LogP contribution in [-0.2, 0) is 16.8 Å². The Kier molecular flexibility index (Phi) is 6.17. The fraction of sp³-hybridized carbons (Fsp3) is 0.435. The molecule has 1 heterocycles. The first-order chi connectivity index (χ1) is 12.9. The van der Waals surface area contributed by atoms with Gasteiger partial charge >= 0.3 is 0 Å². The maximum atomic E-state index is 12.2. The number of carbonyl (C=O) groups excluding carboxylic acids is 1. The smallest absolute Gasteiger partial charge is 0.251 e. The van der Waals surface area contributed by atoms with Crippen LogP contribution in [0.5, 0.6) is 5.75 Å². The van der Waals surface area contributed by atoms with Crippen molar-refractivity contribution in [2.45, 2.75) is 51.7 Å². The van der Waals surface area contributed by atoms with Gasteiger partial charge in [0.15, 0.2) is 0 Å². The third-order valence-corrected chi connectivity index (χ3v) is 4.86. The summed E-state index contributed by atoms with van der Waals surface area (Å²) in [5, 5.41) is 2.94. The first kappa shape index (κ1) is 19.4. The molecule has 4 heteroatoms. The van der Waals surface area contributed by atoms with E-state index in [2.05, 4.69) is 38.2 Å². The second kappa shape index (κ2) is 8.57. The Morgan fingerprint density at radius 2 is 1.81 bits per heavy atom. The molecule has 0 saturated carbocycles. The van der Waals surface area contributed by atoms with Crippen LogP contribution in [0.1, 0.15) is 55.1 Å². The van der Waals surface area contributed by atoms with E-state index in [-0.39, 0.29) is 17.4 Å². The van der Waals surface area contributed by atoms with E-state index in [1.54, 1.807) is 0 Å². The van der Waals surface area contributed by atoms with E-state index in [4.69, 9.17) is 9.47 Å². The summed E-state index contributed by atoms with van der Waals surface area (Å²) in [7, 11) is 0. The molecule has 1 atom stereocenters. The Hall–Kier alpha value is -2.33. The fourth-order valence-electron chi connectivity index (χ4n) is 3.08. The lowest BCUT2D eigenvalue weighted by molar-refractivity contribution is 0.0857. The Bertz CT molecular complexity index is 739. The van der Waals surface area contributed by atoms with E-state index in [1.165, 1.54) is 5.56 Å². The van der Waals surface area contributed by atoms with Gasteiger partial charge in [0.1, 0.15) is 12.4 Å². The van der Waals surface area contributed by atoms with Gasteiger partial charge in [0.05, 0.1) is 6.10 Å². The van der Waals surface area contributed by atoms with Crippen molar-refractivity contribution >= 4 is 5.91 Å². The highest BCUT2D eigenvalue weighted by atomic mass is 16.5. The first-order valence-electron chi connectivity index (χ1n) is 9.64. The number of ether oxygens (including phenoxy) is 2. The molecule has 0 aliphatic carbocycles. The molecule has 27 heavy (non-hydrogen) atoms. The average molecular weight is 367 g/mol. The van der Waals surface area contributed by atoms with Crippen molar-refractivity contribution in [1.29, 1.82) is 0 Å². The molecule has 144 valence electrons. The Morgan fingerprint density at radius 1 is 1.11 bits per heavy atom. The zero-order valence-electron chi connectivity index (χ0n) is 16.5. The normalized spacial score (nSPS) is 16.9. The molecule has 0 radical (unpaired) electrons. The van der Waals surface area contributed by atoms with Crippen molar-refractivity contribution in [3.63, 3.8) is 0 Å². The molecule has 1 fully saturated rings. The summed E-state index contributed by atoms with van der Waals surface area (Å²) < 4.78 is 11.4. The summed E-state index contributed by atoms with van der Waals surface area (Å²) in [6, 6.07) is 15.8. The van der Waals surface area contributed by atoms with Crippen LogP contribution in [0, 0.1) is 0 Å². The Labute approximate surface area is 161 Å². The topological polar surface area (TPSA) is 47.6 Å². The van der Waals surface area contributed by atoms with Gasteiger partial charge in [-0.2, -0.15) is 0 Å². The molecule has 4 nitrogen and oxygen atoms in total. The van der Waals surface area contributed by atoms with E-state index in [0.29, 0.717) is 18.7 Å². The summed E-state index contributed by atoms with van der Waals surface area (Å²) in [4.78, 5) is 12.2. The lowest BCUT2D eigenvalue weighted by atomic mass is 9.87. The van der Waals surface area contributed by atoms with Gasteiger partial charge < -0.3 is 14.8 Å². The summed E-state index contributed by atoms with van der Waals surface area (Å²) in [6.45, 7) is 8.44. The third kappa shape index (κ3) is 5.57. The largest absolute Gasteiger partial charge is 0.489 e. The molecular formula is C23H29NO3. The summed E-state index contributed by atoms with van der Waals surface area (Å²) in [5.74, 6) is 0.789. The van der Waals surface area contributed by atoms with Crippen LogP contribution in [-0.4, -0.2) is 25.2 Å². The predicted molar refractivity (Wildman–Crippen MR) is 107 cm³/mol. The number of rotatable bonds is 6. The van der Waals surface area contributed by atoms with E-state index >= 15 is 0 Å². The fourth-order valence-corrected chi connectivity index (χ4v) is 3.08. The summed E-state index contributed by atoms with van der Waals surface area (Å²) >= 11 is 0. The van der Waals surface area contributed by atoms with Crippen LogP contribution in [0.4, 0.5) is 0 Å². The SMILES string of the molecule is CC(C)(C)c1ccc(OCc2ccc(C(=O)NCC3CCCO3)cc2)cc1. The zero-order valence-corrected chi connectivity index (χ0v) is 16.5. The second-order valence-electron chi connectivity index (χ2n) is 8.11. The minimum absolute atomic E-state index is 0.0595. The van der Waals surface area contributed by atoms with Crippen molar-refractivity contribution < 1.29 is 14.3 Å². The minimum atomic E-state index is -0.0595. The molecule has 1 aliphatic heterocycles. The van der Waals surface area contributed by atoms with E-state index in [0.717, 1.165) is 30.8 Å². The van der Waals surface area contributed by atoms with Gasteiger partial charge in [-0.05, 0) is 53.6 Å². The first-order valence-corrected chi connectivity index (χ1v) is 9.64. The molecule has 2 aromatic carbocycles. The molecule has 1 unspecified atom stereocenters. The molecule has 1 N–H and O–H groups in total. The van der Waals surface area contributed by atoms with Crippen LogP contribution in [0.3, 0.4) is 0 Å². The van der Waals surface area contributed by atoms with Crippen LogP contribution in [0.15, 0.2) is 48.5 Å². The van der Waals surface area contributed by atoms with Crippen molar-refractivity contribution in [2.24, 2.45) is 0 Å². The number of amides is 1. The van der Waals surface area contributed by atoms with Crippen LogP contribution in [0.2, 0.25) is 0 Å². The third-order valence-electron chi connectivity index (χ3n) is 4.86. The summed E-state index contributed by atoms with van der Waals surface area (Å²) in [6.07, 6.45) is 2.26. The van der Waals surface area contributed by atoms with E-state index < -0.39 is 0 Å². The van der Waals surface area contributed by atoms with Crippen molar-refractivity contribution in [3.05, 3.63) is 65.2 Å². The molecule has 1 aliphatic rings. The lowest BCUT2D eigenvalue weighted by Crippen LogP contribution is -2.31.